The van der Waals surface area contributed by atoms with Crippen LogP contribution in [-0.2, 0) is 20.7 Å². The Morgan fingerprint density at radius 2 is 1.50 bits per heavy atom. The van der Waals surface area contributed by atoms with Crippen LogP contribution in [0.3, 0.4) is 0 Å². The largest absolute Gasteiger partial charge is 0.481 e. The molecule has 2 aromatic rings. The van der Waals surface area contributed by atoms with E-state index in [0.29, 0.717) is 19.3 Å². The number of rotatable bonds is 11. The lowest BCUT2D eigenvalue weighted by Gasteiger charge is -2.18. The molecule has 1 atom stereocenters. The molecule has 0 aliphatic rings. The molecule has 0 aromatic heterocycles. The van der Waals surface area contributed by atoms with E-state index in [4.69, 9.17) is 9.84 Å². The van der Waals surface area contributed by atoms with Gasteiger partial charge in [-0.15, -0.1) is 0 Å². The number of carboxylic acids is 1. The first-order valence-electron chi connectivity index (χ1n) is 9.15. The molecule has 0 saturated carbocycles. The monoisotopic (exact) mass is 354 g/mol. The summed E-state index contributed by atoms with van der Waals surface area (Å²) in [6, 6.07) is 19.7. The van der Waals surface area contributed by atoms with Gasteiger partial charge >= 0.3 is 11.9 Å². The van der Waals surface area contributed by atoms with Gasteiger partial charge in [-0.25, -0.2) is 0 Å². The maximum Gasteiger partial charge on any atom is 0.306 e. The van der Waals surface area contributed by atoms with E-state index in [9.17, 15) is 9.59 Å². The van der Waals surface area contributed by atoms with Crippen LogP contribution in [-0.4, -0.2) is 17.0 Å². The summed E-state index contributed by atoms with van der Waals surface area (Å²) in [6.07, 6.45) is 3.76. The lowest BCUT2D eigenvalue weighted by Crippen LogP contribution is -2.12. The minimum atomic E-state index is -0.830. The van der Waals surface area contributed by atoms with Crippen molar-refractivity contribution < 1.29 is 19.4 Å². The second-order valence-electron chi connectivity index (χ2n) is 6.37. The lowest BCUT2D eigenvalue weighted by molar-refractivity contribution is -0.150. The van der Waals surface area contributed by atoms with Gasteiger partial charge in [-0.3, -0.25) is 9.59 Å². The first-order valence-corrected chi connectivity index (χ1v) is 9.15. The molecule has 0 aliphatic heterocycles. The van der Waals surface area contributed by atoms with Crippen molar-refractivity contribution in [2.75, 3.05) is 0 Å². The Hall–Kier alpha value is -2.62. The Labute approximate surface area is 154 Å². The maximum atomic E-state index is 12.2. The van der Waals surface area contributed by atoms with Crippen LogP contribution < -0.4 is 0 Å². The molecule has 4 nitrogen and oxygen atoms in total. The number of aliphatic carboxylic acids is 1. The minimum Gasteiger partial charge on any atom is -0.481 e. The van der Waals surface area contributed by atoms with Gasteiger partial charge in [-0.2, -0.15) is 0 Å². The second-order valence-corrected chi connectivity index (χ2v) is 6.37. The van der Waals surface area contributed by atoms with Gasteiger partial charge in [0.15, 0.2) is 0 Å². The molecular formula is C22H26O4. The van der Waals surface area contributed by atoms with E-state index in [2.05, 4.69) is 12.1 Å². The van der Waals surface area contributed by atoms with Crippen molar-refractivity contribution in [3.05, 3.63) is 71.8 Å². The van der Waals surface area contributed by atoms with Crippen molar-refractivity contribution in [1.29, 1.82) is 0 Å². The smallest absolute Gasteiger partial charge is 0.306 e. The molecule has 0 heterocycles. The summed E-state index contributed by atoms with van der Waals surface area (Å²) in [5.74, 6) is -1.05. The highest BCUT2D eigenvalue weighted by Gasteiger charge is 2.17. The van der Waals surface area contributed by atoms with E-state index in [-0.39, 0.29) is 18.5 Å². The fourth-order valence-electron chi connectivity index (χ4n) is 2.86. The molecule has 2 rings (SSSR count). The summed E-state index contributed by atoms with van der Waals surface area (Å²) >= 11 is 0. The van der Waals surface area contributed by atoms with Gasteiger partial charge in [0, 0.05) is 12.8 Å². The molecule has 26 heavy (non-hydrogen) atoms. The predicted molar refractivity (Wildman–Crippen MR) is 101 cm³/mol. The normalized spacial score (nSPS) is 11.7. The highest BCUT2D eigenvalue weighted by molar-refractivity contribution is 5.69. The first kappa shape index (κ1) is 19.7. The topological polar surface area (TPSA) is 63.6 Å². The van der Waals surface area contributed by atoms with Crippen LogP contribution in [0.25, 0.3) is 0 Å². The van der Waals surface area contributed by atoms with Crippen LogP contribution in [0, 0.1) is 0 Å². The number of ether oxygens (including phenoxy) is 1. The van der Waals surface area contributed by atoms with Crippen molar-refractivity contribution in [3.63, 3.8) is 0 Å². The van der Waals surface area contributed by atoms with Gasteiger partial charge in [-0.1, -0.05) is 60.7 Å². The Kier molecular flexibility index (Phi) is 8.40. The Morgan fingerprint density at radius 3 is 2.15 bits per heavy atom. The van der Waals surface area contributed by atoms with Crippen molar-refractivity contribution in [2.45, 2.75) is 51.0 Å². The molecule has 1 N–H and O–H groups in total. The highest BCUT2D eigenvalue weighted by atomic mass is 16.5. The molecule has 1 unspecified atom stereocenters. The van der Waals surface area contributed by atoms with Crippen LogP contribution >= 0.6 is 0 Å². The highest BCUT2D eigenvalue weighted by Crippen LogP contribution is 2.24. The Bertz CT molecular complexity index is 667. The molecule has 4 heteroatoms. The van der Waals surface area contributed by atoms with Crippen LogP contribution in [0.1, 0.15) is 55.8 Å². The summed E-state index contributed by atoms with van der Waals surface area (Å²) in [5.41, 5.74) is 2.19. The predicted octanol–water partition coefficient (Wildman–Crippen LogP) is 4.94. The van der Waals surface area contributed by atoms with Crippen LogP contribution in [0.2, 0.25) is 0 Å². The van der Waals surface area contributed by atoms with Gasteiger partial charge in [0.2, 0.25) is 0 Å². The van der Waals surface area contributed by atoms with Crippen molar-refractivity contribution in [1.82, 2.24) is 0 Å². The number of benzene rings is 2. The standard InChI is InChI=1S/C22H26O4/c23-21(24)16-9-15-20(19-13-5-2-6-14-19)26-22(25)17-8-7-12-18-10-3-1-4-11-18/h1-6,10-11,13-14,20H,7-9,12,15-17H2,(H,23,24). The van der Waals surface area contributed by atoms with Gasteiger partial charge in [0.05, 0.1) is 0 Å². The average Bonchev–Trinajstić information content (AvgIpc) is 2.66. The Morgan fingerprint density at radius 1 is 0.846 bits per heavy atom. The fourth-order valence-corrected chi connectivity index (χ4v) is 2.86. The molecular weight excluding hydrogens is 328 g/mol. The summed E-state index contributed by atoms with van der Waals surface area (Å²) in [5, 5.41) is 8.81. The quantitative estimate of drug-likeness (QED) is 0.459. The zero-order valence-electron chi connectivity index (χ0n) is 15.0. The van der Waals surface area contributed by atoms with Crippen molar-refractivity contribution >= 4 is 11.9 Å². The van der Waals surface area contributed by atoms with E-state index in [1.807, 2.05) is 48.5 Å². The molecule has 0 aliphatic carbocycles. The van der Waals surface area contributed by atoms with E-state index >= 15 is 0 Å². The third-order valence-corrected chi connectivity index (χ3v) is 4.24. The maximum absolute atomic E-state index is 12.2. The van der Waals surface area contributed by atoms with Crippen LogP contribution in [0.4, 0.5) is 0 Å². The lowest BCUT2D eigenvalue weighted by atomic mass is 10.0. The SMILES string of the molecule is O=C(O)CCCC(OC(=O)CCCCc1ccccc1)c1ccccc1. The number of hydrogen-bond acceptors (Lipinski definition) is 3. The van der Waals surface area contributed by atoms with Crippen LogP contribution in [0.5, 0.6) is 0 Å². The van der Waals surface area contributed by atoms with E-state index in [1.165, 1.54) is 5.56 Å². The van der Waals surface area contributed by atoms with E-state index in [1.54, 1.807) is 0 Å². The molecule has 2 aromatic carbocycles. The number of carboxylic acid groups (broad SMARTS) is 1. The minimum absolute atomic E-state index is 0.0813. The van der Waals surface area contributed by atoms with Crippen molar-refractivity contribution in [3.8, 4) is 0 Å². The summed E-state index contributed by atoms with van der Waals surface area (Å²) in [6.45, 7) is 0. The summed E-state index contributed by atoms with van der Waals surface area (Å²) in [7, 11) is 0. The van der Waals surface area contributed by atoms with Gasteiger partial charge in [0.1, 0.15) is 6.10 Å². The average molecular weight is 354 g/mol. The molecule has 0 fully saturated rings. The number of carbonyl (C=O) groups is 2. The van der Waals surface area contributed by atoms with E-state index < -0.39 is 5.97 Å². The molecule has 0 spiro atoms. The number of carbonyl (C=O) groups excluding carboxylic acids is 1. The molecule has 138 valence electrons. The zero-order valence-corrected chi connectivity index (χ0v) is 15.0. The van der Waals surface area contributed by atoms with Crippen molar-refractivity contribution in [2.24, 2.45) is 0 Å². The number of aryl methyl sites for hydroxylation is 1. The molecule has 0 bridgehead atoms. The van der Waals surface area contributed by atoms with Gasteiger partial charge < -0.3 is 9.84 Å². The first-order chi connectivity index (χ1) is 12.6. The molecule has 0 radical (unpaired) electrons. The third kappa shape index (κ3) is 7.51. The van der Waals surface area contributed by atoms with E-state index in [0.717, 1.165) is 24.8 Å². The summed E-state index contributed by atoms with van der Waals surface area (Å²) in [4.78, 5) is 22.9. The van der Waals surface area contributed by atoms with Gasteiger partial charge in [-0.05, 0) is 43.2 Å². The van der Waals surface area contributed by atoms with Gasteiger partial charge in [0.25, 0.3) is 0 Å². The zero-order chi connectivity index (χ0) is 18.6. The number of esters is 1. The molecule has 0 amide bonds. The summed E-state index contributed by atoms with van der Waals surface area (Å²) < 4.78 is 5.64. The van der Waals surface area contributed by atoms with Crippen LogP contribution in [0.15, 0.2) is 60.7 Å². The second kappa shape index (κ2) is 11.1. The fraction of sp³-hybridized carbons (Fsp3) is 0.364. The number of unbranched alkanes of at least 4 members (excludes halogenated alkanes) is 1. The molecule has 0 saturated heterocycles. The third-order valence-electron chi connectivity index (χ3n) is 4.24. The number of hydrogen-bond donors (Lipinski definition) is 1. The Balaban J connectivity index is 1.78.